The van der Waals surface area contributed by atoms with Crippen LogP contribution in [-0.2, 0) is 11.2 Å². The lowest BCUT2D eigenvalue weighted by Gasteiger charge is -2.16. The summed E-state index contributed by atoms with van der Waals surface area (Å²) in [5.41, 5.74) is 1.64. The molecule has 0 saturated heterocycles. The molecule has 1 rings (SSSR count). The summed E-state index contributed by atoms with van der Waals surface area (Å²) in [5, 5.41) is 14.3. The number of aliphatic carboxylic acids is 1. The third kappa shape index (κ3) is 7.34. The summed E-state index contributed by atoms with van der Waals surface area (Å²) < 4.78 is 0. The molecule has 3 N–H and O–H groups in total. The molecule has 0 aliphatic carbocycles. The summed E-state index contributed by atoms with van der Waals surface area (Å²) in [6.07, 6.45) is 1.54. The van der Waals surface area contributed by atoms with Gasteiger partial charge < -0.3 is 15.7 Å². The maximum atomic E-state index is 11.8. The highest BCUT2D eigenvalue weighted by Crippen LogP contribution is 2.11. The van der Waals surface area contributed by atoms with Crippen LogP contribution in [0, 0.1) is 5.92 Å². The molecule has 0 saturated carbocycles. The molecule has 0 aromatic heterocycles. The highest BCUT2D eigenvalue weighted by Gasteiger charge is 2.09. The van der Waals surface area contributed by atoms with Crippen molar-refractivity contribution in [3.05, 3.63) is 29.8 Å². The summed E-state index contributed by atoms with van der Waals surface area (Å²) >= 11 is 0. The van der Waals surface area contributed by atoms with E-state index < -0.39 is 5.97 Å². The summed E-state index contributed by atoms with van der Waals surface area (Å²) in [4.78, 5) is 22.3. The van der Waals surface area contributed by atoms with Crippen molar-refractivity contribution >= 4 is 17.7 Å². The molecule has 116 valence electrons. The molecular formula is C16H24N2O3. The molecule has 0 fully saturated rings. The number of benzene rings is 1. The van der Waals surface area contributed by atoms with E-state index in [0.717, 1.165) is 12.0 Å². The fraction of sp³-hybridized carbons (Fsp3) is 0.500. The Morgan fingerprint density at radius 3 is 2.29 bits per heavy atom. The van der Waals surface area contributed by atoms with Gasteiger partial charge in [-0.1, -0.05) is 26.0 Å². The number of hydrogen-bond acceptors (Lipinski definition) is 2. The highest BCUT2D eigenvalue weighted by molar-refractivity contribution is 5.89. The number of amides is 2. The van der Waals surface area contributed by atoms with Crippen LogP contribution in [0.3, 0.4) is 0 Å². The second-order valence-corrected chi connectivity index (χ2v) is 5.72. The van der Waals surface area contributed by atoms with Crippen molar-refractivity contribution in [1.29, 1.82) is 0 Å². The third-order valence-electron chi connectivity index (χ3n) is 3.04. The van der Waals surface area contributed by atoms with Gasteiger partial charge in [0.25, 0.3) is 0 Å². The molecule has 5 nitrogen and oxygen atoms in total. The number of carboxylic acid groups (broad SMARTS) is 1. The van der Waals surface area contributed by atoms with Crippen LogP contribution in [0.15, 0.2) is 24.3 Å². The molecule has 5 heteroatoms. The number of rotatable bonds is 7. The molecule has 21 heavy (non-hydrogen) atoms. The van der Waals surface area contributed by atoms with Crippen LogP contribution in [0.1, 0.15) is 39.2 Å². The van der Waals surface area contributed by atoms with Crippen LogP contribution in [0.2, 0.25) is 0 Å². The monoisotopic (exact) mass is 292 g/mol. The zero-order chi connectivity index (χ0) is 15.8. The van der Waals surface area contributed by atoms with Gasteiger partial charge in [-0.25, -0.2) is 4.79 Å². The topological polar surface area (TPSA) is 78.4 Å². The van der Waals surface area contributed by atoms with Gasteiger partial charge in [-0.2, -0.15) is 0 Å². The van der Waals surface area contributed by atoms with Crippen LogP contribution < -0.4 is 10.6 Å². The third-order valence-corrected chi connectivity index (χ3v) is 3.04. The molecule has 0 spiro atoms. The van der Waals surface area contributed by atoms with Gasteiger partial charge in [0, 0.05) is 18.2 Å². The Labute approximate surface area is 125 Å². The molecule has 0 bridgehead atoms. The Bertz CT molecular complexity index is 469. The lowest BCUT2D eigenvalue weighted by atomic mass is 10.1. The van der Waals surface area contributed by atoms with Gasteiger partial charge in [0.1, 0.15) is 0 Å². The molecule has 1 aromatic carbocycles. The summed E-state index contributed by atoms with van der Waals surface area (Å²) in [6.45, 7) is 6.21. The van der Waals surface area contributed by atoms with Gasteiger partial charge in [-0.3, -0.25) is 4.79 Å². The molecule has 2 amide bonds. The van der Waals surface area contributed by atoms with Crippen LogP contribution in [0.5, 0.6) is 0 Å². The van der Waals surface area contributed by atoms with Gasteiger partial charge in [-0.05, 0) is 43.4 Å². The second-order valence-electron chi connectivity index (χ2n) is 5.72. The molecule has 0 aliphatic rings. The average Bonchev–Trinajstić information content (AvgIpc) is 2.36. The maximum Gasteiger partial charge on any atom is 0.319 e. The number of aryl methyl sites for hydroxylation is 1. The summed E-state index contributed by atoms with van der Waals surface area (Å²) in [6, 6.07) is 7.13. The van der Waals surface area contributed by atoms with Crippen molar-refractivity contribution in [2.24, 2.45) is 5.92 Å². The zero-order valence-electron chi connectivity index (χ0n) is 12.8. The quantitative estimate of drug-likeness (QED) is 0.721. The van der Waals surface area contributed by atoms with Crippen molar-refractivity contribution in [3.8, 4) is 0 Å². The SMILES string of the molecule is CC(C)CC(C)NC(=O)Nc1ccc(CCC(=O)O)cc1. The largest absolute Gasteiger partial charge is 0.481 e. The van der Waals surface area contributed by atoms with E-state index in [4.69, 9.17) is 5.11 Å². The fourth-order valence-corrected chi connectivity index (χ4v) is 2.16. The van der Waals surface area contributed by atoms with Crippen molar-refractivity contribution < 1.29 is 14.7 Å². The number of carbonyl (C=O) groups excluding carboxylic acids is 1. The smallest absolute Gasteiger partial charge is 0.319 e. The first-order valence-electron chi connectivity index (χ1n) is 7.25. The van der Waals surface area contributed by atoms with Crippen molar-refractivity contribution in [2.45, 2.75) is 46.1 Å². The first-order valence-corrected chi connectivity index (χ1v) is 7.25. The lowest BCUT2D eigenvalue weighted by Crippen LogP contribution is -2.36. The normalized spacial score (nSPS) is 12.0. The Hall–Kier alpha value is -2.04. The summed E-state index contributed by atoms with van der Waals surface area (Å²) in [5.74, 6) is -0.274. The van der Waals surface area contributed by atoms with E-state index in [-0.39, 0.29) is 18.5 Å². The fourth-order valence-electron chi connectivity index (χ4n) is 2.16. The molecule has 1 aromatic rings. The van der Waals surface area contributed by atoms with E-state index in [9.17, 15) is 9.59 Å². The van der Waals surface area contributed by atoms with E-state index in [0.29, 0.717) is 18.0 Å². The zero-order valence-corrected chi connectivity index (χ0v) is 12.8. The predicted octanol–water partition coefficient (Wildman–Crippen LogP) is 3.26. The summed E-state index contributed by atoms with van der Waals surface area (Å²) in [7, 11) is 0. The van der Waals surface area contributed by atoms with Gasteiger partial charge in [-0.15, -0.1) is 0 Å². The van der Waals surface area contributed by atoms with Crippen LogP contribution in [0.25, 0.3) is 0 Å². The first kappa shape index (κ1) is 17.0. The molecule has 0 radical (unpaired) electrons. The number of carboxylic acids is 1. The number of carbonyl (C=O) groups is 2. The van der Waals surface area contributed by atoms with Gasteiger partial charge in [0.05, 0.1) is 0 Å². The molecular weight excluding hydrogens is 268 g/mol. The first-order chi connectivity index (χ1) is 9.86. The van der Waals surface area contributed by atoms with Gasteiger partial charge in [0.15, 0.2) is 0 Å². The average molecular weight is 292 g/mol. The molecule has 0 aliphatic heterocycles. The molecule has 0 heterocycles. The van der Waals surface area contributed by atoms with Crippen molar-refractivity contribution in [2.75, 3.05) is 5.32 Å². The predicted molar refractivity (Wildman–Crippen MR) is 83.5 cm³/mol. The second kappa shape index (κ2) is 8.29. The standard InChI is InChI=1S/C16H24N2O3/c1-11(2)10-12(3)17-16(21)18-14-7-4-13(5-8-14)6-9-15(19)20/h4-5,7-8,11-12H,6,9-10H2,1-3H3,(H,19,20)(H2,17,18,21). The minimum absolute atomic E-state index is 0.111. The Balaban J connectivity index is 2.44. The van der Waals surface area contributed by atoms with E-state index in [1.807, 2.05) is 19.1 Å². The van der Waals surface area contributed by atoms with Crippen molar-refractivity contribution in [3.63, 3.8) is 0 Å². The van der Waals surface area contributed by atoms with E-state index in [1.165, 1.54) is 0 Å². The Morgan fingerprint density at radius 2 is 1.76 bits per heavy atom. The lowest BCUT2D eigenvalue weighted by molar-refractivity contribution is -0.136. The van der Waals surface area contributed by atoms with E-state index in [2.05, 4.69) is 24.5 Å². The van der Waals surface area contributed by atoms with E-state index in [1.54, 1.807) is 12.1 Å². The van der Waals surface area contributed by atoms with Gasteiger partial charge in [0.2, 0.25) is 0 Å². The van der Waals surface area contributed by atoms with Crippen LogP contribution in [0.4, 0.5) is 10.5 Å². The Kier molecular flexibility index (Phi) is 6.72. The minimum Gasteiger partial charge on any atom is -0.481 e. The Morgan fingerprint density at radius 1 is 1.14 bits per heavy atom. The maximum absolute atomic E-state index is 11.8. The highest BCUT2D eigenvalue weighted by atomic mass is 16.4. The molecule has 1 unspecified atom stereocenters. The van der Waals surface area contributed by atoms with Crippen LogP contribution >= 0.6 is 0 Å². The van der Waals surface area contributed by atoms with Crippen LogP contribution in [-0.4, -0.2) is 23.1 Å². The number of anilines is 1. The number of urea groups is 1. The number of nitrogens with one attached hydrogen (secondary N) is 2. The minimum atomic E-state index is -0.810. The number of hydrogen-bond donors (Lipinski definition) is 3. The van der Waals surface area contributed by atoms with Crippen molar-refractivity contribution in [1.82, 2.24) is 5.32 Å². The van der Waals surface area contributed by atoms with E-state index >= 15 is 0 Å². The van der Waals surface area contributed by atoms with Gasteiger partial charge >= 0.3 is 12.0 Å². The molecule has 1 atom stereocenters.